The molecule has 1 rings (SSSR count). The Labute approximate surface area is 81.3 Å². The molecule has 0 radical (unpaired) electrons. The zero-order valence-electron chi connectivity index (χ0n) is 9.26. The molecule has 76 valence electrons. The van der Waals surface area contributed by atoms with Crippen molar-refractivity contribution in [2.24, 2.45) is 5.41 Å². The first kappa shape index (κ1) is 10.7. The Morgan fingerprint density at radius 3 is 2.69 bits per heavy atom. The van der Waals surface area contributed by atoms with Crippen molar-refractivity contribution in [1.29, 1.82) is 0 Å². The summed E-state index contributed by atoms with van der Waals surface area (Å²) in [5.74, 6) is 0.435. The van der Waals surface area contributed by atoms with E-state index in [1.807, 2.05) is 0 Å². The van der Waals surface area contributed by atoms with E-state index in [0.29, 0.717) is 17.2 Å². The molecular formula is C11H21NO. The summed E-state index contributed by atoms with van der Waals surface area (Å²) in [6.45, 7) is 7.73. The van der Waals surface area contributed by atoms with Crippen LogP contribution in [-0.4, -0.2) is 30.3 Å². The highest BCUT2D eigenvalue weighted by Gasteiger charge is 2.37. The van der Waals surface area contributed by atoms with Crippen LogP contribution < -0.4 is 0 Å². The highest BCUT2D eigenvalue weighted by Crippen LogP contribution is 2.36. The maximum Gasteiger partial charge on any atom is 0.134 e. The van der Waals surface area contributed by atoms with E-state index in [1.54, 1.807) is 0 Å². The van der Waals surface area contributed by atoms with Crippen LogP contribution in [-0.2, 0) is 4.79 Å². The fourth-order valence-electron chi connectivity index (χ4n) is 2.20. The van der Waals surface area contributed by atoms with Gasteiger partial charge in [-0.2, -0.15) is 0 Å². The van der Waals surface area contributed by atoms with Crippen LogP contribution in [0.1, 0.15) is 40.0 Å². The first-order chi connectivity index (χ1) is 5.97. The molecule has 0 aliphatic heterocycles. The van der Waals surface area contributed by atoms with Gasteiger partial charge in [0.15, 0.2) is 0 Å². The lowest BCUT2D eigenvalue weighted by Crippen LogP contribution is -2.47. The predicted molar refractivity (Wildman–Crippen MR) is 54.7 cm³/mol. The number of Topliss-reactive ketones (excluding diaryl/α,β-unsaturated/α-hetero) is 1. The Bertz CT molecular complexity index is 198. The number of nitrogens with zero attached hydrogens (tertiary/aromatic N) is 1. The molecule has 1 aliphatic carbocycles. The molecule has 2 heteroatoms. The monoisotopic (exact) mass is 183 g/mol. The van der Waals surface area contributed by atoms with Crippen LogP contribution in [0.5, 0.6) is 0 Å². The molecule has 1 aliphatic rings. The van der Waals surface area contributed by atoms with Crippen LogP contribution in [0.25, 0.3) is 0 Å². The van der Waals surface area contributed by atoms with Gasteiger partial charge in [0.05, 0.1) is 0 Å². The molecule has 0 N–H and O–H groups in total. The molecule has 0 aromatic rings. The van der Waals surface area contributed by atoms with Crippen molar-refractivity contribution in [2.45, 2.75) is 46.1 Å². The molecule has 0 aromatic heterocycles. The summed E-state index contributed by atoms with van der Waals surface area (Å²) in [6, 6.07) is 0.443. The molecule has 1 fully saturated rings. The molecule has 1 atom stereocenters. The molecule has 0 saturated heterocycles. The maximum atomic E-state index is 11.4. The van der Waals surface area contributed by atoms with Gasteiger partial charge in [-0.1, -0.05) is 20.8 Å². The van der Waals surface area contributed by atoms with Crippen LogP contribution >= 0.6 is 0 Å². The predicted octanol–water partition coefficient (Wildman–Crippen LogP) is 2.09. The first-order valence-corrected chi connectivity index (χ1v) is 5.19. The van der Waals surface area contributed by atoms with Crippen LogP contribution in [0, 0.1) is 5.41 Å². The third-order valence-electron chi connectivity index (χ3n) is 3.40. The van der Waals surface area contributed by atoms with Crippen molar-refractivity contribution in [2.75, 3.05) is 13.6 Å². The van der Waals surface area contributed by atoms with Crippen molar-refractivity contribution >= 4 is 5.78 Å². The normalized spacial score (nSPS) is 28.1. The zero-order valence-corrected chi connectivity index (χ0v) is 9.26. The van der Waals surface area contributed by atoms with Gasteiger partial charge in [0.1, 0.15) is 5.78 Å². The molecule has 0 heterocycles. The van der Waals surface area contributed by atoms with E-state index >= 15 is 0 Å². The average Bonchev–Trinajstić information content (AvgIpc) is 2.08. The minimum atomic E-state index is 0.304. The highest BCUT2D eigenvalue weighted by molar-refractivity contribution is 5.80. The zero-order chi connectivity index (χ0) is 10.1. The van der Waals surface area contributed by atoms with Gasteiger partial charge < -0.3 is 4.90 Å². The number of rotatable bonds is 2. The number of hydrogen-bond acceptors (Lipinski definition) is 2. The van der Waals surface area contributed by atoms with Crippen molar-refractivity contribution in [3.63, 3.8) is 0 Å². The molecule has 2 nitrogen and oxygen atoms in total. The third kappa shape index (κ3) is 2.31. The molecule has 1 saturated carbocycles. The van der Waals surface area contributed by atoms with Gasteiger partial charge in [-0.25, -0.2) is 0 Å². The van der Waals surface area contributed by atoms with E-state index in [2.05, 4.69) is 32.7 Å². The number of carbonyl (C=O) groups is 1. The quantitative estimate of drug-likeness (QED) is 0.653. The van der Waals surface area contributed by atoms with Crippen molar-refractivity contribution in [3.8, 4) is 0 Å². The Hall–Kier alpha value is -0.370. The fraction of sp³-hybridized carbons (Fsp3) is 0.909. The number of ketones is 1. The van der Waals surface area contributed by atoms with Crippen molar-refractivity contribution in [3.05, 3.63) is 0 Å². The summed E-state index contributed by atoms with van der Waals surface area (Å²) in [7, 11) is 2.12. The average molecular weight is 183 g/mol. The standard InChI is InChI=1S/C11H21NO/c1-5-12(4)10-8-9(13)6-7-11(10,2)3/h10H,5-8H2,1-4H3. The van der Waals surface area contributed by atoms with Gasteiger partial charge in [-0.05, 0) is 25.4 Å². The Morgan fingerprint density at radius 1 is 1.54 bits per heavy atom. The Morgan fingerprint density at radius 2 is 2.15 bits per heavy atom. The van der Waals surface area contributed by atoms with Crippen molar-refractivity contribution < 1.29 is 4.79 Å². The van der Waals surface area contributed by atoms with Crippen LogP contribution in [0.15, 0.2) is 0 Å². The van der Waals surface area contributed by atoms with Crippen LogP contribution in [0.2, 0.25) is 0 Å². The number of hydrogen-bond donors (Lipinski definition) is 0. The first-order valence-electron chi connectivity index (χ1n) is 5.19. The molecule has 0 bridgehead atoms. The highest BCUT2D eigenvalue weighted by atomic mass is 16.1. The molecule has 0 amide bonds. The van der Waals surface area contributed by atoms with E-state index < -0.39 is 0 Å². The second kappa shape index (κ2) is 3.79. The van der Waals surface area contributed by atoms with Gasteiger partial charge in [0.25, 0.3) is 0 Å². The van der Waals surface area contributed by atoms with Gasteiger partial charge in [-0.15, -0.1) is 0 Å². The third-order valence-corrected chi connectivity index (χ3v) is 3.40. The molecule has 13 heavy (non-hydrogen) atoms. The second-order valence-corrected chi connectivity index (χ2v) is 4.82. The lowest BCUT2D eigenvalue weighted by atomic mass is 9.72. The number of carbonyl (C=O) groups excluding carboxylic acids is 1. The van der Waals surface area contributed by atoms with Crippen LogP contribution in [0.4, 0.5) is 0 Å². The van der Waals surface area contributed by atoms with Gasteiger partial charge in [0.2, 0.25) is 0 Å². The Balaban J connectivity index is 2.71. The second-order valence-electron chi connectivity index (χ2n) is 4.82. The van der Waals surface area contributed by atoms with E-state index in [9.17, 15) is 4.79 Å². The van der Waals surface area contributed by atoms with Crippen molar-refractivity contribution in [1.82, 2.24) is 4.90 Å². The summed E-state index contributed by atoms with van der Waals surface area (Å²) >= 11 is 0. The lowest BCUT2D eigenvalue weighted by Gasteiger charge is -2.42. The maximum absolute atomic E-state index is 11.4. The molecular weight excluding hydrogens is 162 g/mol. The van der Waals surface area contributed by atoms with Gasteiger partial charge in [-0.3, -0.25) is 4.79 Å². The molecule has 0 spiro atoms. The Kier molecular flexibility index (Phi) is 3.12. The van der Waals surface area contributed by atoms with E-state index in [1.165, 1.54) is 0 Å². The van der Waals surface area contributed by atoms with E-state index in [0.717, 1.165) is 25.8 Å². The van der Waals surface area contributed by atoms with Gasteiger partial charge >= 0.3 is 0 Å². The van der Waals surface area contributed by atoms with E-state index in [-0.39, 0.29) is 0 Å². The van der Waals surface area contributed by atoms with Gasteiger partial charge in [0, 0.05) is 18.9 Å². The summed E-state index contributed by atoms with van der Waals surface area (Å²) in [5.41, 5.74) is 0.304. The SMILES string of the molecule is CCN(C)C1CC(=O)CCC1(C)C. The molecule has 1 unspecified atom stereocenters. The van der Waals surface area contributed by atoms with E-state index in [4.69, 9.17) is 0 Å². The lowest BCUT2D eigenvalue weighted by molar-refractivity contribution is -0.125. The topological polar surface area (TPSA) is 20.3 Å². The summed E-state index contributed by atoms with van der Waals surface area (Å²) in [5, 5.41) is 0. The summed E-state index contributed by atoms with van der Waals surface area (Å²) in [4.78, 5) is 13.7. The molecule has 0 aromatic carbocycles. The summed E-state index contributed by atoms with van der Waals surface area (Å²) < 4.78 is 0. The smallest absolute Gasteiger partial charge is 0.134 e. The summed E-state index contributed by atoms with van der Waals surface area (Å²) in [6.07, 6.45) is 2.57. The van der Waals surface area contributed by atoms with Crippen LogP contribution in [0.3, 0.4) is 0 Å². The minimum Gasteiger partial charge on any atom is -0.303 e. The largest absolute Gasteiger partial charge is 0.303 e. The fourth-order valence-corrected chi connectivity index (χ4v) is 2.20. The minimum absolute atomic E-state index is 0.304.